The minimum Gasteiger partial charge on any atom is -0.496 e. The zero-order chi connectivity index (χ0) is 18.7. The first-order valence-electron chi connectivity index (χ1n) is 9.17. The average Bonchev–Trinajstić information content (AvgIpc) is 3.13. The lowest BCUT2D eigenvalue weighted by Gasteiger charge is -2.32. The largest absolute Gasteiger partial charge is 0.496 e. The van der Waals surface area contributed by atoms with E-state index >= 15 is 0 Å². The summed E-state index contributed by atoms with van der Waals surface area (Å²) in [5.74, 6) is 0.583. The summed E-state index contributed by atoms with van der Waals surface area (Å²) in [6, 6.07) is 4.68. The van der Waals surface area contributed by atoms with Crippen LogP contribution in [0.5, 0.6) is 5.75 Å². The van der Waals surface area contributed by atoms with Gasteiger partial charge in [-0.1, -0.05) is 18.5 Å². The van der Waals surface area contributed by atoms with E-state index < -0.39 is 6.04 Å². The molecular weight excluding hydrogens is 354 g/mol. The van der Waals surface area contributed by atoms with Crippen LogP contribution in [-0.2, 0) is 4.79 Å². The number of nitrogens with zero attached hydrogens (tertiary/aromatic N) is 1. The molecule has 0 aromatic heterocycles. The molecule has 0 saturated carbocycles. The number of carbonyl (C=O) groups excluding carboxylic acids is 2. The number of hydrogen-bond acceptors (Lipinski definition) is 4. The molecule has 0 bridgehead atoms. The molecule has 0 spiro atoms. The molecule has 6 nitrogen and oxygen atoms in total. The fourth-order valence-corrected chi connectivity index (χ4v) is 3.96. The second kappa shape index (κ2) is 8.27. The molecule has 2 aliphatic rings. The van der Waals surface area contributed by atoms with Crippen molar-refractivity contribution in [2.75, 3.05) is 26.7 Å². The smallest absolute Gasteiger partial charge is 0.258 e. The van der Waals surface area contributed by atoms with Gasteiger partial charge < -0.3 is 20.3 Å². The van der Waals surface area contributed by atoms with Crippen LogP contribution in [0.3, 0.4) is 0 Å². The van der Waals surface area contributed by atoms with E-state index in [9.17, 15) is 9.59 Å². The Morgan fingerprint density at radius 1 is 1.35 bits per heavy atom. The van der Waals surface area contributed by atoms with Crippen molar-refractivity contribution in [3.63, 3.8) is 0 Å². The van der Waals surface area contributed by atoms with Crippen LogP contribution in [0.1, 0.15) is 36.5 Å². The molecule has 3 rings (SSSR count). The molecule has 3 atom stereocenters. The summed E-state index contributed by atoms with van der Waals surface area (Å²) in [4.78, 5) is 27.5. The number of methoxy groups -OCH3 is 1. The van der Waals surface area contributed by atoms with Gasteiger partial charge in [0.2, 0.25) is 5.91 Å². The number of hydrogen-bond donors (Lipinski definition) is 2. The van der Waals surface area contributed by atoms with Crippen LogP contribution < -0.4 is 15.4 Å². The summed E-state index contributed by atoms with van der Waals surface area (Å²) in [5.41, 5.74) is 0.398. The van der Waals surface area contributed by atoms with E-state index in [0.29, 0.717) is 35.2 Å². The van der Waals surface area contributed by atoms with Crippen LogP contribution >= 0.6 is 11.6 Å². The Hall–Kier alpha value is -1.79. The highest BCUT2D eigenvalue weighted by molar-refractivity contribution is 6.31. The maximum atomic E-state index is 13.0. The molecule has 26 heavy (non-hydrogen) atoms. The molecule has 7 heteroatoms. The van der Waals surface area contributed by atoms with Gasteiger partial charge in [-0.15, -0.1) is 0 Å². The molecular formula is C19H26ClN3O3. The molecule has 2 saturated heterocycles. The maximum absolute atomic E-state index is 13.0. The lowest BCUT2D eigenvalue weighted by Crippen LogP contribution is -2.53. The van der Waals surface area contributed by atoms with Crippen molar-refractivity contribution in [3.8, 4) is 5.75 Å². The van der Waals surface area contributed by atoms with Crippen LogP contribution in [-0.4, -0.2) is 55.5 Å². The molecule has 1 aromatic rings. The first kappa shape index (κ1) is 19.0. The highest BCUT2D eigenvalue weighted by atomic mass is 35.5. The van der Waals surface area contributed by atoms with Crippen molar-refractivity contribution in [3.05, 3.63) is 28.8 Å². The van der Waals surface area contributed by atoms with Crippen molar-refractivity contribution in [2.45, 2.75) is 38.3 Å². The van der Waals surface area contributed by atoms with Gasteiger partial charge >= 0.3 is 0 Å². The Balaban J connectivity index is 1.74. The first-order valence-corrected chi connectivity index (χ1v) is 9.54. The fourth-order valence-electron chi connectivity index (χ4n) is 3.79. The number of piperidine rings is 1. The summed E-state index contributed by atoms with van der Waals surface area (Å²) < 4.78 is 5.30. The Morgan fingerprint density at radius 3 is 2.88 bits per heavy atom. The third-order valence-electron chi connectivity index (χ3n) is 5.32. The van der Waals surface area contributed by atoms with Crippen molar-refractivity contribution in [1.82, 2.24) is 15.5 Å². The predicted octanol–water partition coefficient (Wildman–Crippen LogP) is 2.07. The summed E-state index contributed by atoms with van der Waals surface area (Å²) in [6.45, 7) is 4.50. The third-order valence-corrected chi connectivity index (χ3v) is 5.56. The van der Waals surface area contributed by atoms with Crippen molar-refractivity contribution >= 4 is 23.4 Å². The van der Waals surface area contributed by atoms with Gasteiger partial charge in [0, 0.05) is 17.6 Å². The van der Waals surface area contributed by atoms with Gasteiger partial charge in [0.15, 0.2) is 0 Å². The molecule has 0 radical (unpaired) electrons. The molecule has 142 valence electrons. The number of halogens is 1. The Kier molecular flexibility index (Phi) is 6.04. The summed E-state index contributed by atoms with van der Waals surface area (Å²) in [7, 11) is 1.52. The molecule has 0 aliphatic carbocycles. The zero-order valence-electron chi connectivity index (χ0n) is 15.3. The van der Waals surface area contributed by atoms with Crippen molar-refractivity contribution in [1.29, 1.82) is 0 Å². The fraction of sp³-hybridized carbons (Fsp3) is 0.579. The molecule has 2 fully saturated rings. The van der Waals surface area contributed by atoms with E-state index in [0.717, 1.165) is 25.9 Å². The van der Waals surface area contributed by atoms with E-state index in [2.05, 4.69) is 17.6 Å². The highest BCUT2D eigenvalue weighted by Crippen LogP contribution is 2.28. The van der Waals surface area contributed by atoms with Crippen LogP contribution in [0, 0.1) is 5.92 Å². The van der Waals surface area contributed by atoms with Gasteiger partial charge in [0.25, 0.3) is 5.91 Å². The molecule has 1 aromatic carbocycles. The summed E-state index contributed by atoms with van der Waals surface area (Å²) in [6.07, 6.45) is 2.41. The quantitative estimate of drug-likeness (QED) is 0.840. The number of benzene rings is 1. The minimum absolute atomic E-state index is 0.0596. The van der Waals surface area contributed by atoms with E-state index in [1.807, 2.05) is 0 Å². The van der Waals surface area contributed by atoms with Crippen molar-refractivity contribution < 1.29 is 14.3 Å². The maximum Gasteiger partial charge on any atom is 0.258 e. The number of amides is 2. The zero-order valence-corrected chi connectivity index (χ0v) is 16.0. The molecule has 2 amide bonds. The van der Waals surface area contributed by atoms with Gasteiger partial charge in [-0.2, -0.15) is 0 Å². The standard InChI is InChI=1S/C19H26ClN3O3/c1-12-11-21-8-7-15(12)22-18(24)16-4-3-9-23(16)19(25)14-10-13(20)5-6-17(14)26-2/h5-6,10,12,15-16,21H,3-4,7-9,11H2,1-2H3,(H,22,24). The van der Waals surface area contributed by atoms with Gasteiger partial charge in [0.1, 0.15) is 11.8 Å². The first-order chi connectivity index (χ1) is 12.5. The highest BCUT2D eigenvalue weighted by Gasteiger charge is 2.37. The van der Waals surface area contributed by atoms with E-state index in [-0.39, 0.29) is 17.9 Å². The lowest BCUT2D eigenvalue weighted by atomic mass is 9.95. The monoisotopic (exact) mass is 379 g/mol. The van der Waals surface area contributed by atoms with Gasteiger partial charge in [-0.25, -0.2) is 0 Å². The Bertz CT molecular complexity index is 682. The second-order valence-corrected chi connectivity index (χ2v) is 7.52. The third kappa shape index (κ3) is 3.96. The van der Waals surface area contributed by atoms with E-state index in [1.165, 1.54) is 7.11 Å². The van der Waals surface area contributed by atoms with Gasteiger partial charge in [-0.3, -0.25) is 9.59 Å². The number of carbonyl (C=O) groups is 2. The predicted molar refractivity (Wildman–Crippen MR) is 101 cm³/mol. The Morgan fingerprint density at radius 2 is 2.15 bits per heavy atom. The van der Waals surface area contributed by atoms with Crippen LogP contribution in [0.4, 0.5) is 0 Å². The van der Waals surface area contributed by atoms with Crippen LogP contribution in [0.25, 0.3) is 0 Å². The van der Waals surface area contributed by atoms with E-state index in [4.69, 9.17) is 16.3 Å². The van der Waals surface area contributed by atoms with E-state index in [1.54, 1.807) is 23.1 Å². The van der Waals surface area contributed by atoms with Gasteiger partial charge in [-0.05, 0) is 56.5 Å². The SMILES string of the molecule is COc1ccc(Cl)cc1C(=O)N1CCCC1C(=O)NC1CCNCC1C. The van der Waals surface area contributed by atoms with Crippen molar-refractivity contribution in [2.24, 2.45) is 5.92 Å². The molecule has 3 unspecified atom stereocenters. The molecule has 2 heterocycles. The summed E-state index contributed by atoms with van der Waals surface area (Å²) in [5, 5.41) is 6.96. The minimum atomic E-state index is -0.437. The molecule has 2 N–H and O–H groups in total. The van der Waals surface area contributed by atoms with Crippen LogP contribution in [0.15, 0.2) is 18.2 Å². The van der Waals surface area contributed by atoms with Crippen LogP contribution in [0.2, 0.25) is 5.02 Å². The lowest BCUT2D eigenvalue weighted by molar-refractivity contribution is -0.126. The number of nitrogens with one attached hydrogen (secondary N) is 2. The number of ether oxygens (including phenoxy) is 1. The number of rotatable bonds is 4. The Labute approximate surface area is 159 Å². The summed E-state index contributed by atoms with van der Waals surface area (Å²) >= 11 is 6.06. The number of likely N-dealkylation sites (tertiary alicyclic amines) is 1. The second-order valence-electron chi connectivity index (χ2n) is 7.09. The average molecular weight is 380 g/mol. The van der Waals surface area contributed by atoms with Gasteiger partial charge in [0.05, 0.1) is 12.7 Å². The topological polar surface area (TPSA) is 70.7 Å². The molecule has 2 aliphatic heterocycles. The normalized spacial score (nSPS) is 25.8.